The molecular weight excluding hydrogens is 387 g/mol. The summed E-state index contributed by atoms with van der Waals surface area (Å²) in [6, 6.07) is 8.65. The van der Waals surface area contributed by atoms with Crippen molar-refractivity contribution in [1.82, 2.24) is 0 Å². The molecule has 0 radical (unpaired) electrons. The summed E-state index contributed by atoms with van der Waals surface area (Å²) in [7, 11) is -2.72. The van der Waals surface area contributed by atoms with Gasteiger partial charge in [-0.15, -0.1) is 0 Å². The lowest BCUT2D eigenvalue weighted by atomic mass is 10.1. The van der Waals surface area contributed by atoms with E-state index in [2.05, 4.69) is 10.1 Å². The van der Waals surface area contributed by atoms with Gasteiger partial charge in [-0.2, -0.15) is 0 Å². The van der Waals surface area contributed by atoms with Crippen LogP contribution in [0.3, 0.4) is 0 Å². The summed E-state index contributed by atoms with van der Waals surface area (Å²) in [6.07, 6.45) is 0.895. The molecule has 2 aromatic rings. The van der Waals surface area contributed by atoms with Crippen molar-refractivity contribution in [3.05, 3.63) is 59.4 Å². The van der Waals surface area contributed by atoms with Gasteiger partial charge in [-0.25, -0.2) is 17.6 Å². The van der Waals surface area contributed by atoms with Crippen LogP contribution in [0.5, 0.6) is 0 Å². The highest BCUT2D eigenvalue weighted by Gasteiger charge is 2.31. The first-order valence-corrected chi connectivity index (χ1v) is 10.1. The van der Waals surface area contributed by atoms with E-state index in [1.807, 2.05) is 0 Å². The zero-order valence-corrected chi connectivity index (χ0v) is 16.7. The third-order valence-electron chi connectivity index (χ3n) is 4.09. The number of benzene rings is 2. The fraction of sp³-hybridized carbons (Fsp3) is 0.263. The molecule has 0 heterocycles. The van der Waals surface area contributed by atoms with Crippen molar-refractivity contribution in [2.45, 2.75) is 19.9 Å². The van der Waals surface area contributed by atoms with Crippen molar-refractivity contribution >= 4 is 33.3 Å². The molecule has 28 heavy (non-hydrogen) atoms. The molecule has 9 heteroatoms. The van der Waals surface area contributed by atoms with Crippen LogP contribution in [-0.2, 0) is 19.6 Å². The number of nitrogens with one attached hydrogen (secondary N) is 1. The van der Waals surface area contributed by atoms with E-state index in [0.29, 0.717) is 11.3 Å². The van der Waals surface area contributed by atoms with E-state index in [4.69, 9.17) is 0 Å². The lowest BCUT2D eigenvalue weighted by Crippen LogP contribution is -2.45. The Bertz CT molecular complexity index is 1010. The number of nitrogens with zero attached hydrogens (tertiary/aromatic N) is 1. The molecule has 2 rings (SSSR count). The Labute approximate surface area is 163 Å². The fourth-order valence-corrected chi connectivity index (χ4v) is 3.83. The zero-order chi connectivity index (χ0) is 21.1. The first kappa shape index (κ1) is 21.4. The SMILES string of the molecule is COC(=O)c1ccc(C)c(NC(=O)[C@H](C)N(c2ccccc2F)S(C)(=O)=O)c1. The maximum Gasteiger partial charge on any atom is 0.337 e. The van der Waals surface area contributed by atoms with Gasteiger partial charge in [-0.05, 0) is 43.7 Å². The summed E-state index contributed by atoms with van der Waals surface area (Å²) in [4.78, 5) is 24.4. The van der Waals surface area contributed by atoms with Gasteiger partial charge in [0.1, 0.15) is 11.9 Å². The van der Waals surface area contributed by atoms with E-state index < -0.39 is 33.8 Å². The average molecular weight is 408 g/mol. The second-order valence-corrected chi connectivity index (χ2v) is 8.06. The summed E-state index contributed by atoms with van der Waals surface area (Å²) in [6.45, 7) is 3.06. The predicted molar refractivity (Wildman–Crippen MR) is 104 cm³/mol. The number of amides is 1. The molecule has 0 aliphatic heterocycles. The largest absolute Gasteiger partial charge is 0.465 e. The first-order valence-electron chi connectivity index (χ1n) is 8.30. The van der Waals surface area contributed by atoms with E-state index in [1.165, 1.54) is 38.3 Å². The second kappa shape index (κ2) is 8.39. The van der Waals surface area contributed by atoms with Crippen LogP contribution in [0, 0.1) is 12.7 Å². The van der Waals surface area contributed by atoms with Crippen molar-refractivity contribution < 1.29 is 27.1 Å². The van der Waals surface area contributed by atoms with Crippen LogP contribution in [0.15, 0.2) is 42.5 Å². The summed E-state index contributed by atoms with van der Waals surface area (Å²) in [5.41, 5.74) is 0.976. The minimum absolute atomic E-state index is 0.227. The highest BCUT2D eigenvalue weighted by atomic mass is 32.2. The van der Waals surface area contributed by atoms with Crippen LogP contribution in [0.4, 0.5) is 15.8 Å². The molecule has 0 fully saturated rings. The maximum absolute atomic E-state index is 14.2. The molecule has 0 unspecified atom stereocenters. The van der Waals surface area contributed by atoms with Crippen LogP contribution in [0.25, 0.3) is 0 Å². The lowest BCUT2D eigenvalue weighted by Gasteiger charge is -2.28. The van der Waals surface area contributed by atoms with Gasteiger partial charge in [0, 0.05) is 5.69 Å². The number of esters is 1. The number of anilines is 2. The number of para-hydroxylation sites is 1. The van der Waals surface area contributed by atoms with Crippen LogP contribution in [0.2, 0.25) is 0 Å². The lowest BCUT2D eigenvalue weighted by molar-refractivity contribution is -0.116. The molecule has 0 aliphatic carbocycles. The Morgan fingerprint density at radius 2 is 1.82 bits per heavy atom. The molecule has 1 amide bonds. The van der Waals surface area contributed by atoms with Gasteiger partial charge in [0.15, 0.2) is 0 Å². The Hall–Kier alpha value is -2.94. The molecule has 1 N–H and O–H groups in total. The van der Waals surface area contributed by atoms with E-state index in [1.54, 1.807) is 19.1 Å². The third-order valence-corrected chi connectivity index (χ3v) is 5.32. The number of halogens is 1. The number of ether oxygens (including phenoxy) is 1. The minimum Gasteiger partial charge on any atom is -0.465 e. The van der Waals surface area contributed by atoms with Crippen molar-refractivity contribution in [2.24, 2.45) is 0 Å². The number of sulfonamides is 1. The molecule has 150 valence electrons. The molecule has 2 aromatic carbocycles. The summed E-state index contributed by atoms with van der Waals surface area (Å²) >= 11 is 0. The molecule has 0 aromatic heterocycles. The maximum atomic E-state index is 14.2. The van der Waals surface area contributed by atoms with E-state index in [-0.39, 0.29) is 11.3 Å². The monoisotopic (exact) mass is 408 g/mol. The Morgan fingerprint density at radius 3 is 2.39 bits per heavy atom. The van der Waals surface area contributed by atoms with Crippen molar-refractivity contribution in [3.63, 3.8) is 0 Å². The minimum atomic E-state index is -3.95. The van der Waals surface area contributed by atoms with Gasteiger partial charge in [0.2, 0.25) is 15.9 Å². The molecule has 7 nitrogen and oxygen atoms in total. The normalized spacial score (nSPS) is 12.2. The van der Waals surface area contributed by atoms with Crippen LogP contribution in [0.1, 0.15) is 22.8 Å². The smallest absolute Gasteiger partial charge is 0.337 e. The Kier molecular flexibility index (Phi) is 6.40. The number of carbonyl (C=O) groups excluding carboxylic acids is 2. The first-order chi connectivity index (χ1) is 13.1. The van der Waals surface area contributed by atoms with E-state index in [0.717, 1.165) is 16.6 Å². The van der Waals surface area contributed by atoms with Crippen LogP contribution >= 0.6 is 0 Å². The number of hydrogen-bond acceptors (Lipinski definition) is 5. The average Bonchev–Trinajstić information content (AvgIpc) is 2.63. The van der Waals surface area contributed by atoms with Gasteiger partial charge in [0.25, 0.3) is 0 Å². The van der Waals surface area contributed by atoms with E-state index in [9.17, 15) is 22.4 Å². The fourth-order valence-electron chi connectivity index (χ4n) is 2.65. The number of methoxy groups -OCH3 is 1. The highest BCUT2D eigenvalue weighted by Crippen LogP contribution is 2.25. The molecule has 1 atom stereocenters. The zero-order valence-electron chi connectivity index (χ0n) is 15.9. The molecule has 0 aliphatic rings. The number of hydrogen-bond donors (Lipinski definition) is 1. The number of aryl methyl sites for hydroxylation is 1. The highest BCUT2D eigenvalue weighted by molar-refractivity contribution is 7.92. The molecule has 0 saturated heterocycles. The second-order valence-electron chi connectivity index (χ2n) is 6.20. The topological polar surface area (TPSA) is 92.8 Å². The summed E-state index contributed by atoms with van der Waals surface area (Å²) in [5, 5.41) is 2.60. The van der Waals surface area contributed by atoms with Crippen LogP contribution < -0.4 is 9.62 Å². The van der Waals surface area contributed by atoms with Gasteiger partial charge in [0.05, 0.1) is 24.6 Å². The molecule has 0 spiro atoms. The molecule has 0 bridgehead atoms. The van der Waals surface area contributed by atoms with Crippen molar-refractivity contribution in [1.29, 1.82) is 0 Å². The molecule has 0 saturated carbocycles. The van der Waals surface area contributed by atoms with Gasteiger partial charge in [-0.1, -0.05) is 18.2 Å². The van der Waals surface area contributed by atoms with Gasteiger partial charge in [-0.3, -0.25) is 9.10 Å². The quantitative estimate of drug-likeness (QED) is 0.742. The summed E-state index contributed by atoms with van der Waals surface area (Å²) < 4.78 is 44.1. The Balaban J connectivity index is 2.37. The number of rotatable bonds is 6. The van der Waals surface area contributed by atoms with Gasteiger partial charge >= 0.3 is 5.97 Å². The van der Waals surface area contributed by atoms with E-state index >= 15 is 0 Å². The Morgan fingerprint density at radius 1 is 1.18 bits per heavy atom. The van der Waals surface area contributed by atoms with Crippen molar-refractivity contribution in [2.75, 3.05) is 23.0 Å². The van der Waals surface area contributed by atoms with Crippen molar-refractivity contribution in [3.8, 4) is 0 Å². The summed E-state index contributed by atoms with van der Waals surface area (Å²) in [5.74, 6) is -2.03. The standard InChI is InChI=1S/C19H21FN2O5S/c1-12-9-10-14(19(24)27-3)11-16(12)21-18(23)13(2)22(28(4,25)26)17-8-6-5-7-15(17)20/h5-11,13H,1-4H3,(H,21,23)/t13-/m0/s1. The predicted octanol–water partition coefficient (Wildman–Crippen LogP) is 2.71. The number of carbonyl (C=O) groups is 2. The van der Waals surface area contributed by atoms with Gasteiger partial charge < -0.3 is 10.1 Å². The van der Waals surface area contributed by atoms with Crippen LogP contribution in [-0.4, -0.2) is 39.7 Å². The third kappa shape index (κ3) is 4.66. The molecular formula is C19H21FN2O5S.